The monoisotopic (exact) mass is 480 g/mol. The first-order valence-electron chi connectivity index (χ1n) is 11.2. The van der Waals surface area contributed by atoms with Crippen LogP contribution in [0.25, 0.3) is 22.2 Å². The average Bonchev–Trinajstić information content (AvgIpc) is 3.39. The highest BCUT2D eigenvalue weighted by molar-refractivity contribution is 7.82. The van der Waals surface area contributed by atoms with Crippen molar-refractivity contribution in [2.75, 3.05) is 13.1 Å². The molecule has 3 heterocycles. The lowest BCUT2D eigenvalue weighted by Crippen LogP contribution is -2.36. The second kappa shape index (κ2) is 8.21. The van der Waals surface area contributed by atoms with E-state index < -0.39 is 17.3 Å². The summed E-state index contributed by atoms with van der Waals surface area (Å²) < 4.78 is 53.1. The first-order chi connectivity index (χ1) is 16.5. The summed E-state index contributed by atoms with van der Waals surface area (Å²) in [5.74, 6) is -0.130. The first-order valence-corrected chi connectivity index (χ1v) is 12.3. The van der Waals surface area contributed by atoms with Crippen molar-refractivity contribution in [2.24, 2.45) is 0 Å². The molecule has 1 fully saturated rings. The number of rotatable bonds is 4. The van der Waals surface area contributed by atoms with Gasteiger partial charge in [-0.2, -0.15) is 0 Å². The Balaban J connectivity index is 1.24. The van der Waals surface area contributed by atoms with Crippen LogP contribution < -0.4 is 9.47 Å². The fourth-order valence-electron chi connectivity index (χ4n) is 4.85. The normalized spacial score (nSPS) is 18.9. The van der Waals surface area contributed by atoms with Gasteiger partial charge in [-0.25, -0.2) is 8.51 Å². The molecule has 0 bridgehead atoms. The topological polar surface area (TPSA) is 43.7 Å². The molecule has 6 rings (SSSR count). The fourth-order valence-corrected chi connectivity index (χ4v) is 6.09. The number of fused-ring (bicyclic) bond motifs is 2. The van der Waals surface area contributed by atoms with E-state index in [1.54, 1.807) is 6.07 Å². The van der Waals surface area contributed by atoms with Gasteiger partial charge in [-0.3, -0.25) is 0 Å². The van der Waals surface area contributed by atoms with E-state index in [1.807, 2.05) is 22.5 Å². The Morgan fingerprint density at radius 3 is 2.35 bits per heavy atom. The fraction of sp³-hybridized carbons (Fsp3) is 0.231. The standard InChI is InChI=1S/C26H22F2N2O3S/c27-26(28)32-24-11-10-21(17-25(24)33-26)34(31)29-14-12-20(13-15-29)30-22-9-5-4-8-19(22)16-23(30)18-6-2-1-3-7-18/h1-11,16-17,20H,12-15H2. The molecule has 1 atom stereocenters. The van der Waals surface area contributed by atoms with E-state index in [0.29, 0.717) is 18.0 Å². The van der Waals surface area contributed by atoms with Crippen LogP contribution in [0.5, 0.6) is 11.5 Å². The Bertz CT molecular complexity index is 1380. The van der Waals surface area contributed by atoms with Gasteiger partial charge in [0.25, 0.3) is 0 Å². The van der Waals surface area contributed by atoms with Crippen LogP contribution in [0.15, 0.2) is 83.8 Å². The third-order valence-corrected chi connectivity index (χ3v) is 7.91. The molecule has 0 amide bonds. The molecule has 2 aliphatic rings. The first kappa shape index (κ1) is 21.3. The molecule has 174 valence electrons. The minimum Gasteiger partial charge on any atom is -0.395 e. The van der Waals surface area contributed by atoms with E-state index in [4.69, 9.17) is 0 Å². The third-order valence-electron chi connectivity index (χ3n) is 6.42. The van der Waals surface area contributed by atoms with Crippen molar-refractivity contribution in [1.29, 1.82) is 0 Å². The summed E-state index contributed by atoms with van der Waals surface area (Å²) in [6.45, 7) is 1.26. The maximum atomic E-state index is 13.3. The Morgan fingerprint density at radius 2 is 1.56 bits per heavy atom. The van der Waals surface area contributed by atoms with Crippen LogP contribution in [0.1, 0.15) is 18.9 Å². The number of alkyl halides is 2. The van der Waals surface area contributed by atoms with Crippen LogP contribution in [0.2, 0.25) is 0 Å². The van der Waals surface area contributed by atoms with Crippen LogP contribution >= 0.6 is 0 Å². The van der Waals surface area contributed by atoms with E-state index in [9.17, 15) is 13.0 Å². The number of ether oxygens (including phenoxy) is 2. The van der Waals surface area contributed by atoms with Crippen molar-refractivity contribution < 1.29 is 22.5 Å². The second-order valence-corrected chi connectivity index (χ2v) is 10.00. The van der Waals surface area contributed by atoms with E-state index in [-0.39, 0.29) is 17.5 Å². The van der Waals surface area contributed by atoms with Gasteiger partial charge in [0, 0.05) is 41.8 Å². The maximum Gasteiger partial charge on any atom is 0.586 e. The molecule has 4 aromatic rings. The third kappa shape index (κ3) is 3.76. The molecule has 3 aromatic carbocycles. The zero-order chi connectivity index (χ0) is 23.3. The Morgan fingerprint density at radius 1 is 0.853 bits per heavy atom. The maximum absolute atomic E-state index is 13.3. The molecule has 2 aliphatic heterocycles. The number of aromatic nitrogens is 1. The Labute approximate surface area is 198 Å². The summed E-state index contributed by atoms with van der Waals surface area (Å²) in [6.07, 6.45) is -2.03. The summed E-state index contributed by atoms with van der Waals surface area (Å²) in [5.41, 5.74) is 3.54. The lowest BCUT2D eigenvalue weighted by molar-refractivity contribution is -0.286. The van der Waals surface area contributed by atoms with E-state index in [2.05, 4.69) is 56.5 Å². The molecular weight excluding hydrogens is 458 g/mol. The summed E-state index contributed by atoms with van der Waals surface area (Å²) in [5, 5.41) is 1.20. The number of benzene rings is 3. The van der Waals surface area contributed by atoms with E-state index in [0.717, 1.165) is 12.8 Å². The molecular formula is C26H22F2N2O3S. The number of nitrogens with zero attached hydrogens (tertiary/aromatic N) is 2. The highest BCUT2D eigenvalue weighted by Gasteiger charge is 2.43. The summed E-state index contributed by atoms with van der Waals surface area (Å²) in [7, 11) is -1.47. The van der Waals surface area contributed by atoms with Crippen molar-refractivity contribution in [3.63, 3.8) is 0 Å². The molecule has 0 saturated carbocycles. The molecule has 1 unspecified atom stereocenters. The minimum absolute atomic E-state index is 0.0441. The molecule has 0 N–H and O–H groups in total. The van der Waals surface area contributed by atoms with E-state index >= 15 is 0 Å². The number of hydrogen-bond acceptors (Lipinski definition) is 3. The van der Waals surface area contributed by atoms with Crippen LogP contribution in [0, 0.1) is 0 Å². The largest absolute Gasteiger partial charge is 0.586 e. The number of piperidine rings is 1. The molecule has 8 heteroatoms. The van der Waals surface area contributed by atoms with Crippen LogP contribution in [-0.4, -0.2) is 32.5 Å². The van der Waals surface area contributed by atoms with Gasteiger partial charge >= 0.3 is 6.29 Å². The second-order valence-electron chi connectivity index (χ2n) is 8.51. The van der Waals surface area contributed by atoms with Gasteiger partial charge in [0.15, 0.2) is 11.5 Å². The molecule has 34 heavy (non-hydrogen) atoms. The van der Waals surface area contributed by atoms with Crippen molar-refractivity contribution in [2.45, 2.75) is 30.1 Å². The lowest BCUT2D eigenvalue weighted by Gasteiger charge is -2.33. The van der Waals surface area contributed by atoms with Gasteiger partial charge in [-0.05, 0) is 42.7 Å². The highest BCUT2D eigenvalue weighted by atomic mass is 32.2. The summed E-state index contributed by atoms with van der Waals surface area (Å²) in [4.78, 5) is 0.426. The SMILES string of the molecule is O=S(c1ccc2c(c1)OC(F)(F)O2)N1CCC(n2c(-c3ccccc3)cc3ccccc32)CC1. The number of halogens is 2. The van der Waals surface area contributed by atoms with Crippen molar-refractivity contribution in [3.05, 3.63) is 78.9 Å². The average molecular weight is 481 g/mol. The molecule has 5 nitrogen and oxygen atoms in total. The molecule has 0 aliphatic carbocycles. The highest BCUT2D eigenvalue weighted by Crippen LogP contribution is 2.42. The summed E-state index contributed by atoms with van der Waals surface area (Å²) >= 11 is 0. The van der Waals surface area contributed by atoms with Gasteiger partial charge in [0.05, 0.1) is 4.90 Å². The van der Waals surface area contributed by atoms with Gasteiger partial charge in [0.1, 0.15) is 11.0 Å². The van der Waals surface area contributed by atoms with Crippen molar-refractivity contribution >= 4 is 21.9 Å². The minimum atomic E-state index is -3.68. The van der Waals surface area contributed by atoms with Gasteiger partial charge in [-0.1, -0.05) is 48.5 Å². The van der Waals surface area contributed by atoms with Crippen LogP contribution in [0.4, 0.5) is 8.78 Å². The quantitative estimate of drug-likeness (QED) is 0.360. The Hall–Kier alpha value is -3.23. The van der Waals surface area contributed by atoms with Gasteiger partial charge in [0.2, 0.25) is 0 Å². The number of para-hydroxylation sites is 1. The smallest absolute Gasteiger partial charge is 0.395 e. The van der Waals surface area contributed by atoms with Crippen molar-refractivity contribution in [1.82, 2.24) is 8.87 Å². The number of hydrogen-bond donors (Lipinski definition) is 0. The molecule has 1 aromatic heterocycles. The van der Waals surface area contributed by atoms with Gasteiger partial charge in [-0.15, -0.1) is 8.78 Å². The van der Waals surface area contributed by atoms with Gasteiger partial charge < -0.3 is 14.0 Å². The molecule has 0 radical (unpaired) electrons. The Kier molecular flexibility index (Phi) is 5.15. The summed E-state index contributed by atoms with van der Waals surface area (Å²) in [6, 6.07) is 25.6. The van der Waals surface area contributed by atoms with E-state index in [1.165, 1.54) is 34.3 Å². The predicted octanol–water partition coefficient (Wildman–Crippen LogP) is 5.99. The zero-order valence-corrected chi connectivity index (χ0v) is 19.0. The van der Waals surface area contributed by atoms with Crippen molar-refractivity contribution in [3.8, 4) is 22.8 Å². The lowest BCUT2D eigenvalue weighted by atomic mass is 10.0. The van der Waals surface area contributed by atoms with Crippen LogP contribution in [0.3, 0.4) is 0 Å². The predicted molar refractivity (Wildman–Crippen MR) is 126 cm³/mol. The molecule has 0 spiro atoms. The zero-order valence-electron chi connectivity index (χ0n) is 18.2. The molecule has 1 saturated heterocycles. The van der Waals surface area contributed by atoms with Crippen LogP contribution in [-0.2, 0) is 11.0 Å².